The van der Waals surface area contributed by atoms with E-state index in [2.05, 4.69) is 0 Å². The zero-order valence-corrected chi connectivity index (χ0v) is 15.1. The molecule has 28 heavy (non-hydrogen) atoms. The molecule has 1 N–H and O–H groups in total. The molecule has 1 aliphatic heterocycles. The molecule has 8 heteroatoms. The van der Waals surface area contributed by atoms with Crippen LogP contribution in [-0.4, -0.2) is 58.9 Å². The van der Waals surface area contributed by atoms with Crippen molar-refractivity contribution in [2.75, 3.05) is 26.2 Å². The van der Waals surface area contributed by atoms with Crippen molar-refractivity contribution >= 4 is 17.8 Å². The van der Waals surface area contributed by atoms with Gasteiger partial charge in [0.25, 0.3) is 11.8 Å². The van der Waals surface area contributed by atoms with Crippen LogP contribution in [-0.2, 0) is 0 Å². The number of rotatable bonds is 3. The number of aryl methyl sites for hydroxylation is 1. The summed E-state index contributed by atoms with van der Waals surface area (Å²) in [6.07, 6.45) is 0. The Morgan fingerprint density at radius 2 is 1.36 bits per heavy atom. The Hall–Kier alpha value is -3.29. The summed E-state index contributed by atoms with van der Waals surface area (Å²) >= 11 is 0. The van der Waals surface area contributed by atoms with Crippen molar-refractivity contribution < 1.29 is 28.3 Å². The first-order chi connectivity index (χ1) is 13.3. The maximum absolute atomic E-state index is 13.8. The molecule has 0 saturated carbocycles. The summed E-state index contributed by atoms with van der Waals surface area (Å²) in [5.74, 6) is -4.09. The molecular weight excluding hydrogens is 370 g/mol. The highest BCUT2D eigenvalue weighted by atomic mass is 19.1. The number of hydrogen-bond acceptors (Lipinski definition) is 3. The molecule has 0 radical (unpaired) electrons. The summed E-state index contributed by atoms with van der Waals surface area (Å²) in [7, 11) is 0. The average molecular weight is 388 g/mol. The Labute approximate surface area is 160 Å². The van der Waals surface area contributed by atoms with E-state index in [0.717, 1.165) is 12.1 Å². The zero-order chi connectivity index (χ0) is 20.4. The molecular formula is C20H18F2N2O4. The number of carboxylic acid groups (broad SMARTS) is 1. The van der Waals surface area contributed by atoms with E-state index >= 15 is 0 Å². The molecule has 0 unspecified atom stereocenters. The minimum Gasteiger partial charge on any atom is -0.478 e. The number of hydrogen-bond donors (Lipinski definition) is 1. The van der Waals surface area contributed by atoms with Crippen LogP contribution < -0.4 is 0 Å². The second-order valence-electron chi connectivity index (χ2n) is 6.57. The Morgan fingerprint density at radius 3 is 1.89 bits per heavy atom. The first-order valence-corrected chi connectivity index (χ1v) is 8.65. The van der Waals surface area contributed by atoms with Crippen molar-refractivity contribution in [3.63, 3.8) is 0 Å². The van der Waals surface area contributed by atoms with Crippen LogP contribution in [0.4, 0.5) is 8.78 Å². The molecule has 1 saturated heterocycles. The van der Waals surface area contributed by atoms with Gasteiger partial charge < -0.3 is 14.9 Å². The summed E-state index contributed by atoms with van der Waals surface area (Å²) in [6.45, 7) is 2.29. The number of amides is 2. The van der Waals surface area contributed by atoms with E-state index in [4.69, 9.17) is 5.11 Å². The molecule has 2 amide bonds. The van der Waals surface area contributed by atoms with E-state index < -0.39 is 29.1 Å². The Kier molecular flexibility index (Phi) is 5.39. The van der Waals surface area contributed by atoms with Crippen molar-refractivity contribution in [1.82, 2.24) is 9.80 Å². The number of nitrogens with zero attached hydrogens (tertiary/aromatic N) is 2. The fourth-order valence-corrected chi connectivity index (χ4v) is 3.19. The smallest absolute Gasteiger partial charge is 0.335 e. The van der Waals surface area contributed by atoms with Crippen LogP contribution in [0.3, 0.4) is 0 Å². The topological polar surface area (TPSA) is 77.9 Å². The van der Waals surface area contributed by atoms with Gasteiger partial charge in [-0.05, 0) is 42.8 Å². The predicted octanol–water partition coefficient (Wildman–Crippen LogP) is 2.57. The van der Waals surface area contributed by atoms with Crippen molar-refractivity contribution in [2.24, 2.45) is 0 Å². The lowest BCUT2D eigenvalue weighted by Gasteiger charge is -2.35. The van der Waals surface area contributed by atoms with Gasteiger partial charge in [-0.15, -0.1) is 0 Å². The lowest BCUT2D eigenvalue weighted by molar-refractivity contribution is 0.0529. The van der Waals surface area contributed by atoms with Gasteiger partial charge in [0.15, 0.2) is 0 Å². The number of piperazine rings is 1. The average Bonchev–Trinajstić information content (AvgIpc) is 2.66. The number of carbonyl (C=O) groups excluding carboxylic acids is 2. The number of halogens is 2. The molecule has 0 atom stereocenters. The first kappa shape index (κ1) is 19.5. The van der Waals surface area contributed by atoms with Gasteiger partial charge in [-0.3, -0.25) is 9.59 Å². The molecule has 146 valence electrons. The number of carbonyl (C=O) groups is 3. The molecule has 1 heterocycles. The van der Waals surface area contributed by atoms with Gasteiger partial charge in [-0.2, -0.15) is 0 Å². The molecule has 6 nitrogen and oxygen atoms in total. The summed E-state index contributed by atoms with van der Waals surface area (Å²) in [6, 6.07) is 7.61. The largest absolute Gasteiger partial charge is 0.478 e. The maximum Gasteiger partial charge on any atom is 0.335 e. The van der Waals surface area contributed by atoms with E-state index in [0.29, 0.717) is 5.56 Å². The Bertz CT molecular complexity index is 933. The molecule has 3 rings (SSSR count). The number of benzene rings is 2. The fourth-order valence-electron chi connectivity index (χ4n) is 3.19. The van der Waals surface area contributed by atoms with Gasteiger partial charge in [0.2, 0.25) is 0 Å². The summed E-state index contributed by atoms with van der Waals surface area (Å²) in [4.78, 5) is 39.1. The predicted molar refractivity (Wildman–Crippen MR) is 96.3 cm³/mol. The molecule has 0 aliphatic carbocycles. The van der Waals surface area contributed by atoms with Gasteiger partial charge in [-0.25, -0.2) is 13.6 Å². The highest BCUT2D eigenvalue weighted by Crippen LogP contribution is 2.18. The SMILES string of the molecule is Cc1cc(C(=O)O)cc(C(=O)N2CCN(C(=O)c3c(F)cccc3F)CC2)c1. The van der Waals surface area contributed by atoms with Gasteiger partial charge in [0.1, 0.15) is 17.2 Å². The van der Waals surface area contributed by atoms with Crippen LogP contribution in [0.15, 0.2) is 36.4 Å². The molecule has 0 bridgehead atoms. The molecule has 2 aromatic rings. The van der Waals surface area contributed by atoms with E-state index in [-0.39, 0.29) is 43.2 Å². The minimum atomic E-state index is -1.12. The normalized spacial score (nSPS) is 14.1. The van der Waals surface area contributed by atoms with Gasteiger partial charge in [0, 0.05) is 31.7 Å². The van der Waals surface area contributed by atoms with Gasteiger partial charge >= 0.3 is 5.97 Å². The minimum absolute atomic E-state index is 0.0205. The summed E-state index contributed by atoms with van der Waals surface area (Å²) in [5.41, 5.74) is 0.309. The standard InChI is InChI=1S/C20H18F2N2O4/c1-12-9-13(11-14(10-12)20(27)28)18(25)23-5-7-24(8-6-23)19(26)17-15(21)3-2-4-16(17)22/h2-4,9-11H,5-8H2,1H3,(H,27,28). The van der Waals surface area contributed by atoms with Crippen LogP contribution in [0.5, 0.6) is 0 Å². The maximum atomic E-state index is 13.8. The second-order valence-corrected chi connectivity index (χ2v) is 6.57. The Balaban J connectivity index is 1.71. The Morgan fingerprint density at radius 1 is 0.857 bits per heavy atom. The van der Waals surface area contributed by atoms with Gasteiger partial charge in [-0.1, -0.05) is 6.07 Å². The first-order valence-electron chi connectivity index (χ1n) is 8.65. The van der Waals surface area contributed by atoms with Crippen molar-refractivity contribution in [3.05, 3.63) is 70.3 Å². The molecule has 1 aliphatic rings. The van der Waals surface area contributed by atoms with Crippen LogP contribution in [0.25, 0.3) is 0 Å². The molecule has 0 aromatic heterocycles. The lowest BCUT2D eigenvalue weighted by atomic mass is 10.0. The van der Waals surface area contributed by atoms with E-state index in [1.807, 2.05) is 0 Å². The summed E-state index contributed by atoms with van der Waals surface area (Å²) in [5, 5.41) is 9.14. The summed E-state index contributed by atoms with van der Waals surface area (Å²) < 4.78 is 27.6. The van der Waals surface area contributed by atoms with E-state index in [1.165, 1.54) is 28.0 Å². The third-order valence-corrected chi connectivity index (χ3v) is 4.60. The third kappa shape index (κ3) is 3.85. The highest BCUT2D eigenvalue weighted by molar-refractivity contribution is 5.98. The monoisotopic (exact) mass is 388 g/mol. The van der Waals surface area contributed by atoms with Gasteiger partial charge in [0.05, 0.1) is 5.56 Å². The van der Waals surface area contributed by atoms with Crippen molar-refractivity contribution in [1.29, 1.82) is 0 Å². The van der Waals surface area contributed by atoms with E-state index in [9.17, 15) is 23.2 Å². The van der Waals surface area contributed by atoms with Crippen molar-refractivity contribution in [3.8, 4) is 0 Å². The fraction of sp³-hybridized carbons (Fsp3) is 0.250. The number of aromatic carboxylic acids is 1. The molecule has 2 aromatic carbocycles. The third-order valence-electron chi connectivity index (χ3n) is 4.60. The number of carboxylic acids is 1. The molecule has 0 spiro atoms. The zero-order valence-electron chi connectivity index (χ0n) is 15.1. The van der Waals surface area contributed by atoms with E-state index in [1.54, 1.807) is 13.0 Å². The van der Waals surface area contributed by atoms with Crippen LogP contribution in [0.2, 0.25) is 0 Å². The van der Waals surface area contributed by atoms with Crippen molar-refractivity contribution in [2.45, 2.75) is 6.92 Å². The second kappa shape index (κ2) is 7.75. The van der Waals surface area contributed by atoms with Crippen LogP contribution >= 0.6 is 0 Å². The quantitative estimate of drug-likeness (QED) is 0.877. The van der Waals surface area contributed by atoms with Crippen LogP contribution in [0, 0.1) is 18.6 Å². The highest BCUT2D eigenvalue weighted by Gasteiger charge is 2.28. The molecule has 1 fully saturated rings. The van der Waals surface area contributed by atoms with Crippen LogP contribution in [0.1, 0.15) is 36.6 Å². The lowest BCUT2D eigenvalue weighted by Crippen LogP contribution is -2.50.